The van der Waals surface area contributed by atoms with Crippen molar-refractivity contribution in [3.05, 3.63) is 30.1 Å². The van der Waals surface area contributed by atoms with Crippen molar-refractivity contribution in [1.82, 2.24) is 9.88 Å². The first kappa shape index (κ1) is 14.5. The number of hydrogen-bond donors (Lipinski definition) is 1. The summed E-state index contributed by atoms with van der Waals surface area (Å²) in [5.74, 6) is -0.0978. The van der Waals surface area contributed by atoms with E-state index in [9.17, 15) is 4.79 Å². The van der Waals surface area contributed by atoms with Crippen LogP contribution in [0.4, 0.5) is 0 Å². The van der Waals surface area contributed by atoms with Gasteiger partial charge in [-0.1, -0.05) is 18.3 Å². The number of nitrogens with zero attached hydrogens (tertiary/aromatic N) is 2. The SMILES string of the molecule is COCC(=O)N(CCC(N)=S)Cc1ccccn1. The molecule has 0 saturated heterocycles. The van der Waals surface area contributed by atoms with E-state index in [0.29, 0.717) is 24.5 Å². The van der Waals surface area contributed by atoms with Crippen LogP contribution in [0.25, 0.3) is 0 Å². The van der Waals surface area contributed by atoms with Crippen LogP contribution in [0.2, 0.25) is 0 Å². The second-order valence-corrected chi connectivity index (χ2v) is 4.31. The molecular weight excluding hydrogens is 250 g/mol. The number of methoxy groups -OCH3 is 1. The van der Waals surface area contributed by atoms with Gasteiger partial charge in [-0.15, -0.1) is 0 Å². The third kappa shape index (κ3) is 5.20. The van der Waals surface area contributed by atoms with E-state index in [1.807, 2.05) is 18.2 Å². The summed E-state index contributed by atoms with van der Waals surface area (Å²) in [5.41, 5.74) is 6.28. The number of ether oxygens (including phenoxy) is 1. The van der Waals surface area contributed by atoms with Crippen LogP contribution in [-0.4, -0.2) is 41.0 Å². The van der Waals surface area contributed by atoms with Gasteiger partial charge in [0.25, 0.3) is 0 Å². The molecule has 0 aliphatic carbocycles. The molecule has 0 radical (unpaired) electrons. The molecule has 1 aromatic rings. The molecule has 2 N–H and O–H groups in total. The van der Waals surface area contributed by atoms with Crippen molar-refractivity contribution in [3.8, 4) is 0 Å². The van der Waals surface area contributed by atoms with Gasteiger partial charge in [0, 0.05) is 26.3 Å². The topological polar surface area (TPSA) is 68.5 Å². The van der Waals surface area contributed by atoms with Crippen LogP contribution < -0.4 is 5.73 Å². The van der Waals surface area contributed by atoms with E-state index < -0.39 is 0 Å². The van der Waals surface area contributed by atoms with Gasteiger partial charge < -0.3 is 15.4 Å². The highest BCUT2D eigenvalue weighted by atomic mass is 32.1. The molecule has 18 heavy (non-hydrogen) atoms. The Morgan fingerprint density at radius 2 is 2.33 bits per heavy atom. The normalized spacial score (nSPS) is 10.1. The van der Waals surface area contributed by atoms with Gasteiger partial charge in [0.05, 0.1) is 17.2 Å². The number of nitrogens with two attached hydrogens (primary N) is 1. The van der Waals surface area contributed by atoms with Crippen LogP contribution in [0.3, 0.4) is 0 Å². The lowest BCUT2D eigenvalue weighted by atomic mass is 10.3. The van der Waals surface area contributed by atoms with Crippen molar-refractivity contribution in [2.45, 2.75) is 13.0 Å². The predicted molar refractivity (Wildman–Crippen MR) is 72.9 cm³/mol. The first-order chi connectivity index (χ1) is 8.63. The molecule has 0 unspecified atom stereocenters. The van der Waals surface area contributed by atoms with Gasteiger partial charge in [0.2, 0.25) is 5.91 Å². The molecule has 0 aliphatic rings. The monoisotopic (exact) mass is 267 g/mol. The smallest absolute Gasteiger partial charge is 0.248 e. The van der Waals surface area contributed by atoms with E-state index in [0.717, 1.165) is 5.69 Å². The highest BCUT2D eigenvalue weighted by molar-refractivity contribution is 7.80. The van der Waals surface area contributed by atoms with Gasteiger partial charge in [-0.05, 0) is 12.1 Å². The molecule has 0 aliphatic heterocycles. The van der Waals surface area contributed by atoms with Crippen LogP contribution in [0.5, 0.6) is 0 Å². The summed E-state index contributed by atoms with van der Waals surface area (Å²) >= 11 is 4.82. The second-order valence-electron chi connectivity index (χ2n) is 3.79. The van der Waals surface area contributed by atoms with Gasteiger partial charge in [-0.2, -0.15) is 0 Å². The van der Waals surface area contributed by atoms with Crippen molar-refractivity contribution in [2.75, 3.05) is 20.3 Å². The quantitative estimate of drug-likeness (QED) is 0.738. The molecule has 5 nitrogen and oxygen atoms in total. The van der Waals surface area contributed by atoms with E-state index in [1.165, 1.54) is 7.11 Å². The number of carbonyl (C=O) groups is 1. The molecule has 1 amide bonds. The summed E-state index contributed by atoms with van der Waals surface area (Å²) < 4.78 is 4.85. The summed E-state index contributed by atoms with van der Waals surface area (Å²) in [4.78, 5) is 18.1. The number of hydrogen-bond acceptors (Lipinski definition) is 4. The molecule has 1 heterocycles. The van der Waals surface area contributed by atoms with Gasteiger partial charge in [0.15, 0.2) is 0 Å². The van der Waals surface area contributed by atoms with Crippen LogP contribution in [0.15, 0.2) is 24.4 Å². The third-order valence-electron chi connectivity index (χ3n) is 2.33. The van der Waals surface area contributed by atoms with Crippen LogP contribution >= 0.6 is 12.2 Å². The van der Waals surface area contributed by atoms with Crippen molar-refractivity contribution in [1.29, 1.82) is 0 Å². The zero-order valence-electron chi connectivity index (χ0n) is 10.3. The highest BCUT2D eigenvalue weighted by Gasteiger charge is 2.14. The minimum Gasteiger partial charge on any atom is -0.393 e. The summed E-state index contributed by atoms with van der Waals surface area (Å²) in [7, 11) is 1.49. The van der Waals surface area contributed by atoms with Gasteiger partial charge in [-0.25, -0.2) is 0 Å². The predicted octanol–water partition coefficient (Wildman–Crippen LogP) is 0.733. The first-order valence-electron chi connectivity index (χ1n) is 5.58. The molecule has 0 spiro atoms. The lowest BCUT2D eigenvalue weighted by molar-refractivity contribution is -0.135. The Hall–Kier alpha value is -1.53. The van der Waals surface area contributed by atoms with E-state index in [4.69, 9.17) is 22.7 Å². The Bertz CT molecular complexity index is 398. The van der Waals surface area contributed by atoms with Crippen LogP contribution in [0, 0.1) is 0 Å². The maximum atomic E-state index is 11.8. The Labute approximate surface area is 112 Å². The molecule has 1 aromatic heterocycles. The number of rotatable bonds is 7. The van der Waals surface area contributed by atoms with Gasteiger partial charge >= 0.3 is 0 Å². The van der Waals surface area contributed by atoms with Crippen molar-refractivity contribution >= 4 is 23.1 Å². The Balaban J connectivity index is 2.64. The van der Waals surface area contributed by atoms with E-state index in [2.05, 4.69) is 4.98 Å². The molecule has 0 bridgehead atoms. The maximum absolute atomic E-state index is 11.8. The van der Waals surface area contributed by atoms with Crippen LogP contribution in [-0.2, 0) is 16.1 Å². The van der Waals surface area contributed by atoms with Gasteiger partial charge in [-0.3, -0.25) is 9.78 Å². The Morgan fingerprint density at radius 1 is 1.56 bits per heavy atom. The van der Waals surface area contributed by atoms with E-state index >= 15 is 0 Å². The first-order valence-corrected chi connectivity index (χ1v) is 5.99. The fraction of sp³-hybridized carbons (Fsp3) is 0.417. The molecule has 0 aromatic carbocycles. The van der Waals surface area contributed by atoms with Crippen LogP contribution in [0.1, 0.15) is 12.1 Å². The Morgan fingerprint density at radius 3 is 2.89 bits per heavy atom. The Kier molecular flexibility index (Phi) is 6.24. The molecule has 0 fully saturated rings. The number of pyridine rings is 1. The summed E-state index contributed by atoms with van der Waals surface area (Å²) in [6.45, 7) is 0.962. The fourth-order valence-electron chi connectivity index (χ4n) is 1.44. The fourth-order valence-corrected chi connectivity index (χ4v) is 1.53. The molecule has 0 saturated carbocycles. The zero-order chi connectivity index (χ0) is 13.4. The lowest BCUT2D eigenvalue weighted by Crippen LogP contribution is -2.35. The summed E-state index contributed by atoms with van der Waals surface area (Å²) in [5, 5.41) is 0. The number of carbonyl (C=O) groups excluding carboxylic acids is 1. The molecule has 6 heteroatoms. The summed E-state index contributed by atoms with van der Waals surface area (Å²) in [6, 6.07) is 5.59. The van der Waals surface area contributed by atoms with Crippen molar-refractivity contribution < 1.29 is 9.53 Å². The largest absolute Gasteiger partial charge is 0.393 e. The average molecular weight is 267 g/mol. The number of amides is 1. The standard InChI is InChI=1S/C12H17N3O2S/c1-17-9-12(16)15(7-5-11(13)18)8-10-4-2-3-6-14-10/h2-4,6H,5,7-9H2,1H3,(H2,13,18). The molecular formula is C12H17N3O2S. The number of thiocarbonyl (C=S) groups is 1. The zero-order valence-corrected chi connectivity index (χ0v) is 11.2. The molecule has 1 rings (SSSR count). The molecule has 98 valence electrons. The van der Waals surface area contributed by atoms with Crippen molar-refractivity contribution in [3.63, 3.8) is 0 Å². The van der Waals surface area contributed by atoms with Crippen molar-refractivity contribution in [2.24, 2.45) is 5.73 Å². The lowest BCUT2D eigenvalue weighted by Gasteiger charge is -2.21. The average Bonchev–Trinajstić information content (AvgIpc) is 2.35. The minimum absolute atomic E-state index is 0.0458. The molecule has 0 atom stereocenters. The summed E-state index contributed by atoms with van der Waals surface area (Å²) in [6.07, 6.45) is 2.19. The maximum Gasteiger partial charge on any atom is 0.248 e. The van der Waals surface area contributed by atoms with E-state index in [-0.39, 0.29) is 12.5 Å². The third-order valence-corrected chi connectivity index (χ3v) is 2.53. The number of aromatic nitrogens is 1. The van der Waals surface area contributed by atoms with Gasteiger partial charge in [0.1, 0.15) is 6.61 Å². The minimum atomic E-state index is -0.0978. The second kappa shape index (κ2) is 7.73. The highest BCUT2D eigenvalue weighted by Crippen LogP contribution is 2.03. The van der Waals surface area contributed by atoms with E-state index in [1.54, 1.807) is 11.1 Å².